The fraction of sp³-hybridized carbons (Fsp3) is 0.533. The highest BCUT2D eigenvalue weighted by atomic mass is 79.9. The summed E-state index contributed by atoms with van der Waals surface area (Å²) in [6, 6.07) is 10.2. The van der Waals surface area contributed by atoms with E-state index in [1.54, 1.807) is 0 Å². The molecule has 1 aromatic rings. The molecule has 98 valence electrons. The van der Waals surface area contributed by atoms with E-state index in [2.05, 4.69) is 33.4 Å². The van der Waals surface area contributed by atoms with Crippen molar-refractivity contribution in [3.8, 4) is 0 Å². The monoisotopic (exact) mass is 309 g/mol. The van der Waals surface area contributed by atoms with Crippen LogP contribution in [0.15, 0.2) is 30.3 Å². The summed E-state index contributed by atoms with van der Waals surface area (Å²) in [4.78, 5) is 12.2. The Labute approximate surface area is 117 Å². The van der Waals surface area contributed by atoms with Gasteiger partial charge in [-0.15, -0.1) is 0 Å². The summed E-state index contributed by atoms with van der Waals surface area (Å²) in [5.74, 6) is 0.476. The zero-order valence-electron chi connectivity index (χ0n) is 10.6. The molecule has 1 saturated carbocycles. The number of hydrogen-bond acceptors (Lipinski definition) is 1. The molecule has 0 bridgehead atoms. The van der Waals surface area contributed by atoms with E-state index in [-0.39, 0.29) is 16.7 Å². The maximum Gasteiger partial charge on any atom is 0.223 e. The SMILES string of the molecule is O=C(NCC(Br)c1ccccc1)C1CCCCC1. The third-order valence-electron chi connectivity index (χ3n) is 3.59. The molecule has 0 spiro atoms. The second kappa shape index (κ2) is 6.93. The zero-order valence-corrected chi connectivity index (χ0v) is 12.2. The standard InChI is InChI=1S/C15H20BrNO/c16-14(12-7-3-1-4-8-12)11-17-15(18)13-9-5-2-6-10-13/h1,3-4,7-8,13-14H,2,5-6,9-11H2,(H,17,18). The Morgan fingerprint density at radius 3 is 2.56 bits per heavy atom. The molecule has 18 heavy (non-hydrogen) atoms. The molecule has 0 heterocycles. The maximum absolute atomic E-state index is 12.0. The topological polar surface area (TPSA) is 29.1 Å². The molecule has 1 aromatic carbocycles. The molecule has 1 atom stereocenters. The molecule has 1 fully saturated rings. The molecule has 2 rings (SSSR count). The van der Waals surface area contributed by atoms with E-state index >= 15 is 0 Å². The lowest BCUT2D eigenvalue weighted by molar-refractivity contribution is -0.125. The lowest BCUT2D eigenvalue weighted by Gasteiger charge is -2.21. The summed E-state index contributed by atoms with van der Waals surface area (Å²) in [6.45, 7) is 0.666. The number of hydrogen-bond donors (Lipinski definition) is 1. The van der Waals surface area contributed by atoms with E-state index in [9.17, 15) is 4.79 Å². The van der Waals surface area contributed by atoms with Gasteiger partial charge >= 0.3 is 0 Å². The first-order chi connectivity index (χ1) is 8.77. The number of rotatable bonds is 4. The van der Waals surface area contributed by atoms with Crippen molar-refractivity contribution in [3.05, 3.63) is 35.9 Å². The van der Waals surface area contributed by atoms with Crippen molar-refractivity contribution in [2.24, 2.45) is 5.92 Å². The van der Waals surface area contributed by atoms with E-state index in [4.69, 9.17) is 0 Å². The van der Waals surface area contributed by atoms with Crippen LogP contribution in [0, 0.1) is 5.92 Å². The summed E-state index contributed by atoms with van der Waals surface area (Å²) >= 11 is 3.62. The lowest BCUT2D eigenvalue weighted by atomic mass is 9.88. The molecular weight excluding hydrogens is 290 g/mol. The largest absolute Gasteiger partial charge is 0.354 e. The molecule has 1 aliphatic rings. The van der Waals surface area contributed by atoms with Crippen molar-refractivity contribution in [1.29, 1.82) is 0 Å². The highest BCUT2D eigenvalue weighted by Gasteiger charge is 2.21. The summed E-state index contributed by atoms with van der Waals surface area (Å²) in [5.41, 5.74) is 1.21. The first-order valence-corrected chi connectivity index (χ1v) is 7.65. The van der Waals surface area contributed by atoms with Gasteiger partial charge in [-0.05, 0) is 18.4 Å². The normalized spacial score (nSPS) is 18.3. The molecule has 1 unspecified atom stereocenters. The Bertz CT molecular complexity index is 373. The van der Waals surface area contributed by atoms with E-state index < -0.39 is 0 Å². The van der Waals surface area contributed by atoms with E-state index in [1.807, 2.05) is 18.2 Å². The smallest absolute Gasteiger partial charge is 0.223 e. The Morgan fingerprint density at radius 1 is 1.22 bits per heavy atom. The van der Waals surface area contributed by atoms with Crippen LogP contribution in [0.1, 0.15) is 42.5 Å². The van der Waals surface area contributed by atoms with Crippen LogP contribution in [0.4, 0.5) is 0 Å². The summed E-state index contributed by atoms with van der Waals surface area (Å²) in [7, 11) is 0. The minimum atomic E-state index is 0.200. The molecule has 0 saturated heterocycles. The lowest BCUT2D eigenvalue weighted by Crippen LogP contribution is -2.33. The van der Waals surface area contributed by atoms with E-state index in [0.717, 1.165) is 12.8 Å². The third-order valence-corrected chi connectivity index (χ3v) is 4.45. The van der Waals surface area contributed by atoms with Crippen molar-refractivity contribution >= 4 is 21.8 Å². The molecule has 0 aromatic heterocycles. The highest BCUT2D eigenvalue weighted by Crippen LogP contribution is 2.25. The van der Waals surface area contributed by atoms with Gasteiger partial charge in [-0.3, -0.25) is 4.79 Å². The van der Waals surface area contributed by atoms with Crippen molar-refractivity contribution in [1.82, 2.24) is 5.32 Å². The molecule has 0 radical (unpaired) electrons. The van der Waals surface area contributed by atoms with Crippen molar-refractivity contribution in [2.75, 3.05) is 6.54 Å². The van der Waals surface area contributed by atoms with Gasteiger partial charge in [-0.1, -0.05) is 65.5 Å². The summed E-state index contributed by atoms with van der Waals surface area (Å²) in [6.07, 6.45) is 5.81. The molecule has 0 aliphatic heterocycles. The Kier molecular flexibility index (Phi) is 5.24. The van der Waals surface area contributed by atoms with Gasteiger partial charge < -0.3 is 5.32 Å². The van der Waals surface area contributed by atoms with Gasteiger partial charge in [0.25, 0.3) is 0 Å². The minimum Gasteiger partial charge on any atom is -0.354 e. The Balaban J connectivity index is 1.78. The van der Waals surface area contributed by atoms with Gasteiger partial charge in [0.1, 0.15) is 0 Å². The zero-order chi connectivity index (χ0) is 12.8. The first-order valence-electron chi connectivity index (χ1n) is 6.74. The fourth-order valence-corrected chi connectivity index (χ4v) is 2.95. The van der Waals surface area contributed by atoms with Gasteiger partial charge in [0.05, 0.1) is 4.83 Å². The molecule has 1 N–H and O–H groups in total. The number of carbonyl (C=O) groups is 1. The second-order valence-electron chi connectivity index (χ2n) is 4.96. The number of alkyl halides is 1. The number of amides is 1. The Morgan fingerprint density at radius 2 is 1.89 bits per heavy atom. The summed E-state index contributed by atoms with van der Waals surface area (Å²) in [5, 5.41) is 3.06. The van der Waals surface area contributed by atoms with Gasteiger partial charge in [0.2, 0.25) is 5.91 Å². The first kappa shape index (κ1) is 13.6. The molecule has 1 amide bonds. The maximum atomic E-state index is 12.0. The van der Waals surface area contributed by atoms with Crippen LogP contribution in [0.5, 0.6) is 0 Å². The number of nitrogens with one attached hydrogen (secondary N) is 1. The third kappa shape index (κ3) is 3.84. The van der Waals surface area contributed by atoms with Crippen LogP contribution in [-0.4, -0.2) is 12.5 Å². The van der Waals surface area contributed by atoms with Crippen LogP contribution < -0.4 is 5.32 Å². The van der Waals surface area contributed by atoms with Gasteiger partial charge in [0.15, 0.2) is 0 Å². The number of carbonyl (C=O) groups excluding carboxylic acids is 1. The van der Waals surface area contributed by atoms with Gasteiger partial charge in [0, 0.05) is 12.5 Å². The van der Waals surface area contributed by atoms with Crippen molar-refractivity contribution < 1.29 is 4.79 Å². The van der Waals surface area contributed by atoms with E-state index in [0.29, 0.717) is 6.54 Å². The highest BCUT2D eigenvalue weighted by molar-refractivity contribution is 9.09. The number of halogens is 1. The van der Waals surface area contributed by atoms with Crippen LogP contribution in [0.3, 0.4) is 0 Å². The molecule has 3 heteroatoms. The van der Waals surface area contributed by atoms with Crippen LogP contribution in [0.25, 0.3) is 0 Å². The van der Waals surface area contributed by atoms with Crippen molar-refractivity contribution in [2.45, 2.75) is 36.9 Å². The van der Waals surface area contributed by atoms with E-state index in [1.165, 1.54) is 24.8 Å². The Hall–Kier alpha value is -0.830. The average Bonchev–Trinajstić information content (AvgIpc) is 2.46. The second-order valence-corrected chi connectivity index (χ2v) is 6.06. The van der Waals surface area contributed by atoms with Crippen LogP contribution >= 0.6 is 15.9 Å². The molecule has 2 nitrogen and oxygen atoms in total. The van der Waals surface area contributed by atoms with Gasteiger partial charge in [-0.2, -0.15) is 0 Å². The average molecular weight is 310 g/mol. The molecule has 1 aliphatic carbocycles. The number of benzene rings is 1. The fourth-order valence-electron chi connectivity index (χ4n) is 2.48. The van der Waals surface area contributed by atoms with Crippen LogP contribution in [0.2, 0.25) is 0 Å². The van der Waals surface area contributed by atoms with Gasteiger partial charge in [-0.25, -0.2) is 0 Å². The molecular formula is C15H20BrNO. The predicted molar refractivity (Wildman–Crippen MR) is 77.7 cm³/mol. The van der Waals surface area contributed by atoms with Crippen LogP contribution in [-0.2, 0) is 4.79 Å². The van der Waals surface area contributed by atoms with Crippen molar-refractivity contribution in [3.63, 3.8) is 0 Å². The predicted octanol–water partition coefficient (Wildman–Crippen LogP) is 3.82. The quantitative estimate of drug-likeness (QED) is 0.842. The minimum absolute atomic E-state index is 0.200. The summed E-state index contributed by atoms with van der Waals surface area (Å²) < 4.78 is 0.